The summed E-state index contributed by atoms with van der Waals surface area (Å²) in [5.41, 5.74) is 1.79. The second kappa shape index (κ2) is 9.74. The Morgan fingerprint density at radius 3 is 2.29 bits per heavy atom. The first kappa shape index (κ1) is 23.6. The highest BCUT2D eigenvalue weighted by atomic mass is 16.5. The van der Waals surface area contributed by atoms with Gasteiger partial charge in [0.2, 0.25) is 0 Å². The summed E-state index contributed by atoms with van der Waals surface area (Å²) in [6.07, 6.45) is -0.0156. The molecule has 1 aliphatic rings. The minimum Gasteiger partial charge on any atom is -0.507 e. The SMILES string of the molecule is COc1cccc(/C(O)=C2/C(=O)C(=O)N(c3ccc(C#N)cc3)C2c2ccc(OC(C)C)cc2)c1. The summed E-state index contributed by atoms with van der Waals surface area (Å²) in [6.45, 7) is 3.84. The molecular formula is C28H24N2O5. The van der Waals surface area contributed by atoms with Gasteiger partial charge in [-0.1, -0.05) is 24.3 Å². The van der Waals surface area contributed by atoms with E-state index in [0.29, 0.717) is 33.9 Å². The first-order valence-electron chi connectivity index (χ1n) is 11.1. The fourth-order valence-electron chi connectivity index (χ4n) is 4.04. The lowest BCUT2D eigenvalue weighted by molar-refractivity contribution is -0.132. The number of carbonyl (C=O) groups excluding carboxylic acids is 2. The van der Waals surface area contributed by atoms with Crippen molar-refractivity contribution in [1.82, 2.24) is 0 Å². The zero-order valence-corrected chi connectivity index (χ0v) is 19.6. The molecule has 0 bridgehead atoms. The van der Waals surface area contributed by atoms with Crippen LogP contribution in [-0.2, 0) is 9.59 Å². The number of methoxy groups -OCH3 is 1. The molecule has 7 nitrogen and oxygen atoms in total. The molecule has 35 heavy (non-hydrogen) atoms. The molecule has 0 aromatic heterocycles. The second-order valence-electron chi connectivity index (χ2n) is 8.30. The van der Waals surface area contributed by atoms with Crippen LogP contribution < -0.4 is 14.4 Å². The van der Waals surface area contributed by atoms with Crippen molar-refractivity contribution in [1.29, 1.82) is 5.26 Å². The second-order valence-corrected chi connectivity index (χ2v) is 8.30. The fraction of sp³-hybridized carbons (Fsp3) is 0.179. The van der Waals surface area contributed by atoms with E-state index in [2.05, 4.69) is 0 Å². The number of rotatable bonds is 6. The van der Waals surface area contributed by atoms with Gasteiger partial charge in [-0.15, -0.1) is 0 Å². The lowest BCUT2D eigenvalue weighted by Gasteiger charge is -2.25. The Bertz CT molecular complexity index is 1340. The Hall–Kier alpha value is -4.57. The van der Waals surface area contributed by atoms with Crippen LogP contribution in [0.1, 0.15) is 36.6 Å². The van der Waals surface area contributed by atoms with E-state index in [-0.39, 0.29) is 17.4 Å². The zero-order chi connectivity index (χ0) is 25.1. The highest BCUT2D eigenvalue weighted by molar-refractivity contribution is 6.51. The van der Waals surface area contributed by atoms with E-state index in [0.717, 1.165) is 0 Å². The molecule has 1 aliphatic heterocycles. The van der Waals surface area contributed by atoms with E-state index in [9.17, 15) is 14.7 Å². The molecule has 1 fully saturated rings. The molecule has 3 aromatic rings. The van der Waals surface area contributed by atoms with Crippen molar-refractivity contribution in [2.24, 2.45) is 0 Å². The van der Waals surface area contributed by atoms with Crippen molar-refractivity contribution in [2.45, 2.75) is 26.0 Å². The van der Waals surface area contributed by atoms with Gasteiger partial charge in [0.15, 0.2) is 0 Å². The molecule has 0 radical (unpaired) electrons. The van der Waals surface area contributed by atoms with Crippen molar-refractivity contribution in [3.63, 3.8) is 0 Å². The van der Waals surface area contributed by atoms with Gasteiger partial charge in [0.1, 0.15) is 17.3 Å². The van der Waals surface area contributed by atoms with Crippen LogP contribution in [0.2, 0.25) is 0 Å². The summed E-state index contributed by atoms with van der Waals surface area (Å²) in [5, 5.41) is 20.4. The molecule has 7 heteroatoms. The predicted octanol–water partition coefficient (Wildman–Crippen LogP) is 4.98. The Morgan fingerprint density at radius 2 is 1.69 bits per heavy atom. The number of benzene rings is 3. The maximum atomic E-state index is 13.3. The van der Waals surface area contributed by atoms with Crippen molar-refractivity contribution in [3.05, 3.63) is 95.1 Å². The van der Waals surface area contributed by atoms with Gasteiger partial charge in [0.25, 0.3) is 11.7 Å². The van der Waals surface area contributed by atoms with Gasteiger partial charge in [-0.2, -0.15) is 5.26 Å². The minimum absolute atomic E-state index is 0.0156. The van der Waals surface area contributed by atoms with Crippen molar-refractivity contribution < 1.29 is 24.2 Å². The van der Waals surface area contributed by atoms with Crippen LogP contribution in [0.4, 0.5) is 5.69 Å². The number of ether oxygens (including phenoxy) is 2. The van der Waals surface area contributed by atoms with Gasteiger partial charge in [-0.25, -0.2) is 0 Å². The van der Waals surface area contributed by atoms with Gasteiger partial charge >= 0.3 is 0 Å². The number of Topliss-reactive ketones (excluding diaryl/α,β-unsaturated/α-hetero) is 1. The number of hydrogen-bond acceptors (Lipinski definition) is 6. The average molecular weight is 469 g/mol. The van der Waals surface area contributed by atoms with Gasteiger partial charge in [-0.05, 0) is 67.9 Å². The normalized spacial score (nSPS) is 16.9. The zero-order valence-electron chi connectivity index (χ0n) is 19.6. The van der Waals surface area contributed by atoms with E-state index in [1.165, 1.54) is 12.0 Å². The molecule has 1 saturated heterocycles. The van der Waals surface area contributed by atoms with Crippen LogP contribution in [0.5, 0.6) is 11.5 Å². The molecule has 0 saturated carbocycles. The predicted molar refractivity (Wildman–Crippen MR) is 131 cm³/mol. The number of nitrogens with zero attached hydrogens (tertiary/aromatic N) is 2. The molecule has 1 amide bonds. The highest BCUT2D eigenvalue weighted by Gasteiger charge is 2.47. The molecule has 1 unspecified atom stereocenters. The van der Waals surface area contributed by atoms with Gasteiger partial charge in [0.05, 0.1) is 36.5 Å². The van der Waals surface area contributed by atoms with E-state index >= 15 is 0 Å². The van der Waals surface area contributed by atoms with Crippen molar-refractivity contribution in [3.8, 4) is 17.6 Å². The Balaban J connectivity index is 1.89. The third-order valence-corrected chi connectivity index (χ3v) is 5.63. The minimum atomic E-state index is -0.887. The standard InChI is InChI=1S/C28H24N2O5/c1-17(2)35-22-13-9-19(10-14-22)25-24(26(31)20-5-4-6-23(15-20)34-3)27(32)28(33)30(25)21-11-7-18(16-29)8-12-21/h4-15,17,25,31H,1-3H3/b26-24-. The Kier molecular flexibility index (Phi) is 6.56. The van der Waals surface area contributed by atoms with Crippen molar-refractivity contribution in [2.75, 3.05) is 12.0 Å². The van der Waals surface area contributed by atoms with Crippen molar-refractivity contribution >= 4 is 23.1 Å². The number of hydrogen-bond donors (Lipinski definition) is 1. The summed E-state index contributed by atoms with van der Waals surface area (Å²) < 4.78 is 11.0. The quantitative estimate of drug-likeness (QED) is 0.311. The fourth-order valence-corrected chi connectivity index (χ4v) is 4.04. The molecule has 0 spiro atoms. The van der Waals surface area contributed by atoms with Crippen LogP contribution in [0.15, 0.2) is 78.4 Å². The first-order chi connectivity index (χ1) is 16.8. The monoisotopic (exact) mass is 468 g/mol. The van der Waals surface area contributed by atoms with Crippen LogP contribution in [0.3, 0.4) is 0 Å². The van der Waals surface area contributed by atoms with Gasteiger partial charge in [0, 0.05) is 11.3 Å². The number of nitriles is 1. The molecule has 1 heterocycles. The van der Waals surface area contributed by atoms with Crippen LogP contribution >= 0.6 is 0 Å². The Labute approximate surface area is 203 Å². The number of aliphatic hydroxyl groups excluding tert-OH is 1. The smallest absolute Gasteiger partial charge is 0.300 e. The number of carbonyl (C=O) groups is 2. The van der Waals surface area contributed by atoms with E-state index in [1.54, 1.807) is 72.8 Å². The lowest BCUT2D eigenvalue weighted by atomic mass is 9.95. The Morgan fingerprint density at radius 1 is 1.00 bits per heavy atom. The number of anilines is 1. The summed E-state index contributed by atoms with van der Waals surface area (Å²) >= 11 is 0. The molecular weight excluding hydrogens is 444 g/mol. The third kappa shape index (κ3) is 4.59. The lowest BCUT2D eigenvalue weighted by Crippen LogP contribution is -2.29. The number of amides is 1. The third-order valence-electron chi connectivity index (χ3n) is 5.63. The summed E-state index contributed by atoms with van der Waals surface area (Å²) in [7, 11) is 1.50. The topological polar surface area (TPSA) is 99.9 Å². The van der Waals surface area contributed by atoms with E-state index in [1.807, 2.05) is 19.9 Å². The number of aliphatic hydroxyl groups is 1. The van der Waals surface area contributed by atoms with Gasteiger partial charge < -0.3 is 14.6 Å². The average Bonchev–Trinajstić information content (AvgIpc) is 3.14. The molecule has 1 N–H and O–H groups in total. The molecule has 0 aliphatic carbocycles. The molecule has 1 atom stereocenters. The van der Waals surface area contributed by atoms with Crippen LogP contribution in [0.25, 0.3) is 5.76 Å². The molecule has 3 aromatic carbocycles. The van der Waals surface area contributed by atoms with Gasteiger partial charge in [-0.3, -0.25) is 14.5 Å². The summed E-state index contributed by atoms with van der Waals surface area (Å²) in [6, 6.07) is 21.2. The first-order valence-corrected chi connectivity index (χ1v) is 11.1. The molecule has 176 valence electrons. The van der Waals surface area contributed by atoms with Crippen LogP contribution in [-0.4, -0.2) is 30.0 Å². The van der Waals surface area contributed by atoms with E-state index < -0.39 is 17.7 Å². The summed E-state index contributed by atoms with van der Waals surface area (Å²) in [5.74, 6) is -0.728. The maximum absolute atomic E-state index is 13.3. The highest BCUT2D eigenvalue weighted by Crippen LogP contribution is 2.42. The largest absolute Gasteiger partial charge is 0.507 e. The number of ketones is 1. The summed E-state index contributed by atoms with van der Waals surface area (Å²) in [4.78, 5) is 27.8. The molecule has 4 rings (SSSR count). The van der Waals surface area contributed by atoms with E-state index in [4.69, 9.17) is 14.7 Å². The maximum Gasteiger partial charge on any atom is 0.300 e. The van der Waals surface area contributed by atoms with Crippen LogP contribution in [0, 0.1) is 11.3 Å².